The van der Waals surface area contributed by atoms with Crippen LogP contribution in [0.4, 0.5) is 0 Å². The molecule has 0 unspecified atom stereocenters. The van der Waals surface area contributed by atoms with E-state index in [0.717, 1.165) is 25.9 Å². The topological polar surface area (TPSA) is 35.5 Å². The molecule has 0 saturated carbocycles. The molecule has 114 valence electrons. The fourth-order valence-electron chi connectivity index (χ4n) is 1.85. The highest BCUT2D eigenvalue weighted by Crippen LogP contribution is 2.03. The number of hydrogen-bond donors (Lipinski definition) is 0. The minimum atomic E-state index is -0.123. The van der Waals surface area contributed by atoms with E-state index >= 15 is 0 Å². The highest BCUT2D eigenvalue weighted by molar-refractivity contribution is 5.69. The molecule has 3 heteroatoms. The monoisotopic (exact) mass is 272 g/mol. The van der Waals surface area contributed by atoms with Crippen LogP contribution in [0.15, 0.2) is 0 Å². The normalized spacial score (nSPS) is 10.6. The van der Waals surface area contributed by atoms with Gasteiger partial charge in [-0.15, -0.1) is 0 Å². The van der Waals surface area contributed by atoms with E-state index < -0.39 is 0 Å². The van der Waals surface area contributed by atoms with Crippen LogP contribution in [0.5, 0.6) is 0 Å². The standard InChI is InChI=1S/C16H32O3/c1-3-5-7-9-10-13-18-15-12-16(17)19-14-11-8-6-4-2/h3-15H2,1-2H3. The van der Waals surface area contributed by atoms with Crippen LogP contribution in [-0.4, -0.2) is 25.8 Å². The van der Waals surface area contributed by atoms with Crippen LogP contribution in [0.3, 0.4) is 0 Å². The van der Waals surface area contributed by atoms with Crippen LogP contribution in [0.25, 0.3) is 0 Å². The minimum absolute atomic E-state index is 0.123. The molecule has 0 rings (SSSR count). The Morgan fingerprint density at radius 2 is 1.32 bits per heavy atom. The third-order valence-electron chi connectivity index (χ3n) is 3.10. The molecule has 0 fully saturated rings. The molecule has 19 heavy (non-hydrogen) atoms. The fraction of sp³-hybridized carbons (Fsp3) is 0.938. The number of hydrogen-bond acceptors (Lipinski definition) is 3. The molecule has 0 radical (unpaired) electrons. The molecule has 0 aromatic carbocycles. The summed E-state index contributed by atoms with van der Waals surface area (Å²) in [7, 11) is 0. The molecular formula is C16H32O3. The molecule has 0 amide bonds. The van der Waals surface area contributed by atoms with Crippen LogP contribution in [0.1, 0.15) is 78.1 Å². The number of rotatable bonds is 14. The van der Waals surface area contributed by atoms with Gasteiger partial charge in [0.15, 0.2) is 0 Å². The molecule has 0 heterocycles. The van der Waals surface area contributed by atoms with E-state index in [1.54, 1.807) is 0 Å². The van der Waals surface area contributed by atoms with Gasteiger partial charge in [0.2, 0.25) is 0 Å². The predicted molar refractivity (Wildman–Crippen MR) is 79.3 cm³/mol. The van der Waals surface area contributed by atoms with Gasteiger partial charge in [-0.3, -0.25) is 4.79 Å². The average Bonchev–Trinajstić information content (AvgIpc) is 2.41. The van der Waals surface area contributed by atoms with Gasteiger partial charge in [-0.1, -0.05) is 58.8 Å². The van der Waals surface area contributed by atoms with Crippen molar-refractivity contribution in [1.82, 2.24) is 0 Å². The zero-order valence-corrected chi connectivity index (χ0v) is 12.9. The molecule has 3 nitrogen and oxygen atoms in total. The van der Waals surface area contributed by atoms with E-state index in [1.807, 2.05) is 0 Å². The summed E-state index contributed by atoms with van der Waals surface area (Å²) in [5.41, 5.74) is 0. The third-order valence-corrected chi connectivity index (χ3v) is 3.10. The molecule has 0 aliphatic heterocycles. The molecule has 0 aliphatic carbocycles. The van der Waals surface area contributed by atoms with Gasteiger partial charge in [-0.05, 0) is 12.8 Å². The third kappa shape index (κ3) is 15.4. The lowest BCUT2D eigenvalue weighted by molar-refractivity contribution is -0.145. The molecule has 0 aliphatic rings. The molecule has 0 spiro atoms. The summed E-state index contributed by atoms with van der Waals surface area (Å²) in [5, 5.41) is 0. The van der Waals surface area contributed by atoms with Crippen molar-refractivity contribution in [1.29, 1.82) is 0 Å². The Labute approximate surface area is 119 Å². The van der Waals surface area contributed by atoms with Crippen LogP contribution in [0.2, 0.25) is 0 Å². The second-order valence-corrected chi connectivity index (χ2v) is 5.06. The molecule has 0 atom stereocenters. The van der Waals surface area contributed by atoms with E-state index in [2.05, 4.69) is 13.8 Å². The van der Waals surface area contributed by atoms with Crippen molar-refractivity contribution in [2.75, 3.05) is 19.8 Å². The zero-order valence-electron chi connectivity index (χ0n) is 12.9. The van der Waals surface area contributed by atoms with Crippen molar-refractivity contribution < 1.29 is 14.3 Å². The Hall–Kier alpha value is -0.570. The molecule has 0 aromatic heterocycles. The highest BCUT2D eigenvalue weighted by Gasteiger charge is 2.02. The predicted octanol–water partition coefficient (Wildman–Crippen LogP) is 4.49. The van der Waals surface area contributed by atoms with E-state index in [-0.39, 0.29) is 5.97 Å². The zero-order chi connectivity index (χ0) is 14.2. The Morgan fingerprint density at radius 1 is 0.737 bits per heavy atom. The van der Waals surface area contributed by atoms with Gasteiger partial charge in [0.25, 0.3) is 0 Å². The summed E-state index contributed by atoms with van der Waals surface area (Å²) in [6.07, 6.45) is 11.2. The van der Waals surface area contributed by atoms with Crippen molar-refractivity contribution in [3.63, 3.8) is 0 Å². The van der Waals surface area contributed by atoms with E-state index in [1.165, 1.54) is 38.5 Å². The first-order valence-electron chi connectivity index (χ1n) is 8.04. The van der Waals surface area contributed by atoms with Gasteiger partial charge < -0.3 is 9.47 Å². The summed E-state index contributed by atoms with van der Waals surface area (Å²) in [6, 6.07) is 0. The lowest BCUT2D eigenvalue weighted by Crippen LogP contribution is -2.09. The molecule has 0 N–H and O–H groups in total. The van der Waals surface area contributed by atoms with Gasteiger partial charge >= 0.3 is 5.97 Å². The van der Waals surface area contributed by atoms with Crippen molar-refractivity contribution in [3.8, 4) is 0 Å². The average molecular weight is 272 g/mol. The van der Waals surface area contributed by atoms with Crippen LogP contribution in [0, 0.1) is 0 Å². The Balaban J connectivity index is 3.12. The fourth-order valence-corrected chi connectivity index (χ4v) is 1.85. The Bertz CT molecular complexity index is 192. The first kappa shape index (κ1) is 18.4. The van der Waals surface area contributed by atoms with Crippen LogP contribution >= 0.6 is 0 Å². The molecular weight excluding hydrogens is 240 g/mol. The van der Waals surface area contributed by atoms with Gasteiger partial charge in [0.1, 0.15) is 0 Å². The SMILES string of the molecule is CCCCCCCOCCC(=O)OCCCCCC. The summed E-state index contributed by atoms with van der Waals surface area (Å²) in [6.45, 7) is 6.22. The first-order valence-corrected chi connectivity index (χ1v) is 8.04. The summed E-state index contributed by atoms with van der Waals surface area (Å²) in [5.74, 6) is -0.123. The van der Waals surface area contributed by atoms with Gasteiger partial charge in [0.05, 0.1) is 19.6 Å². The van der Waals surface area contributed by atoms with Gasteiger partial charge in [-0.25, -0.2) is 0 Å². The summed E-state index contributed by atoms with van der Waals surface area (Å²) >= 11 is 0. The second-order valence-electron chi connectivity index (χ2n) is 5.06. The molecule has 0 bridgehead atoms. The maximum absolute atomic E-state index is 11.3. The lowest BCUT2D eigenvalue weighted by Gasteiger charge is -2.05. The van der Waals surface area contributed by atoms with E-state index in [9.17, 15) is 4.79 Å². The second kappa shape index (κ2) is 15.5. The Morgan fingerprint density at radius 3 is 2.00 bits per heavy atom. The first-order chi connectivity index (χ1) is 9.31. The van der Waals surface area contributed by atoms with Crippen molar-refractivity contribution in [2.24, 2.45) is 0 Å². The summed E-state index contributed by atoms with van der Waals surface area (Å²) in [4.78, 5) is 11.3. The number of esters is 1. The van der Waals surface area contributed by atoms with E-state index in [4.69, 9.17) is 9.47 Å². The number of carbonyl (C=O) groups is 1. The number of ether oxygens (including phenoxy) is 2. The highest BCUT2D eigenvalue weighted by atomic mass is 16.5. The lowest BCUT2D eigenvalue weighted by atomic mass is 10.2. The smallest absolute Gasteiger partial charge is 0.308 e. The molecule has 0 aromatic rings. The maximum atomic E-state index is 11.3. The Kier molecular flexibility index (Phi) is 15.0. The van der Waals surface area contributed by atoms with Gasteiger partial charge in [-0.2, -0.15) is 0 Å². The van der Waals surface area contributed by atoms with E-state index in [0.29, 0.717) is 19.6 Å². The largest absolute Gasteiger partial charge is 0.466 e. The number of unbranched alkanes of at least 4 members (excludes halogenated alkanes) is 7. The maximum Gasteiger partial charge on any atom is 0.308 e. The number of carbonyl (C=O) groups excluding carboxylic acids is 1. The van der Waals surface area contributed by atoms with Crippen LogP contribution in [-0.2, 0) is 14.3 Å². The van der Waals surface area contributed by atoms with Gasteiger partial charge in [0, 0.05) is 6.61 Å². The summed E-state index contributed by atoms with van der Waals surface area (Å²) < 4.78 is 10.6. The molecule has 0 saturated heterocycles. The van der Waals surface area contributed by atoms with Crippen molar-refractivity contribution in [2.45, 2.75) is 78.1 Å². The van der Waals surface area contributed by atoms with Crippen molar-refractivity contribution in [3.05, 3.63) is 0 Å². The van der Waals surface area contributed by atoms with Crippen LogP contribution < -0.4 is 0 Å². The minimum Gasteiger partial charge on any atom is -0.466 e. The quantitative estimate of drug-likeness (QED) is 0.345. The van der Waals surface area contributed by atoms with Crippen molar-refractivity contribution >= 4 is 5.97 Å².